The second kappa shape index (κ2) is 8.85. The number of hydrogen-bond donors (Lipinski definition) is 1. The standard InChI is InChI=1S/C19H23FN2O4S/c1-4-26-18-10-8-15(9-11-18)14(2)21-19(23)13-22(27(3,24)25)17-7-5-6-16(20)12-17/h5-12,14H,4,13H2,1-3H3,(H,21,23)/t14-/m1/s1. The fraction of sp³-hybridized carbons (Fsp3) is 0.316. The summed E-state index contributed by atoms with van der Waals surface area (Å²) in [7, 11) is -3.75. The van der Waals surface area contributed by atoms with E-state index < -0.39 is 28.3 Å². The molecule has 2 aromatic carbocycles. The fourth-order valence-electron chi connectivity index (χ4n) is 2.55. The number of rotatable bonds is 8. The van der Waals surface area contributed by atoms with Crippen LogP contribution < -0.4 is 14.4 Å². The van der Waals surface area contributed by atoms with Gasteiger partial charge in [0.1, 0.15) is 18.1 Å². The van der Waals surface area contributed by atoms with Gasteiger partial charge in [-0.15, -0.1) is 0 Å². The minimum absolute atomic E-state index is 0.0985. The maximum absolute atomic E-state index is 13.4. The third-order valence-electron chi connectivity index (χ3n) is 3.85. The van der Waals surface area contributed by atoms with Gasteiger partial charge < -0.3 is 10.1 Å². The second-order valence-corrected chi connectivity index (χ2v) is 7.95. The Balaban J connectivity index is 2.09. The molecule has 0 saturated heterocycles. The van der Waals surface area contributed by atoms with Gasteiger partial charge in [0.15, 0.2) is 0 Å². The van der Waals surface area contributed by atoms with Crippen molar-refractivity contribution in [2.75, 3.05) is 23.7 Å². The molecule has 27 heavy (non-hydrogen) atoms. The minimum atomic E-state index is -3.75. The van der Waals surface area contributed by atoms with Crippen LogP contribution in [-0.4, -0.2) is 33.7 Å². The Morgan fingerprint density at radius 1 is 1.22 bits per heavy atom. The van der Waals surface area contributed by atoms with Crippen molar-refractivity contribution >= 4 is 21.6 Å². The van der Waals surface area contributed by atoms with Crippen molar-refractivity contribution in [1.82, 2.24) is 5.32 Å². The van der Waals surface area contributed by atoms with Gasteiger partial charge in [-0.05, 0) is 49.7 Å². The Bertz CT molecular complexity index is 885. The molecule has 2 rings (SSSR count). The van der Waals surface area contributed by atoms with Gasteiger partial charge in [0.05, 0.1) is 24.6 Å². The van der Waals surface area contributed by atoms with Crippen molar-refractivity contribution < 1.29 is 22.3 Å². The molecule has 0 fully saturated rings. The zero-order valence-corrected chi connectivity index (χ0v) is 16.3. The van der Waals surface area contributed by atoms with Crippen molar-refractivity contribution in [3.8, 4) is 5.75 Å². The largest absolute Gasteiger partial charge is 0.494 e. The topological polar surface area (TPSA) is 75.7 Å². The van der Waals surface area contributed by atoms with Gasteiger partial charge in [-0.1, -0.05) is 18.2 Å². The highest BCUT2D eigenvalue weighted by atomic mass is 32.2. The molecule has 8 heteroatoms. The number of halogens is 1. The Hall–Kier alpha value is -2.61. The van der Waals surface area contributed by atoms with Gasteiger partial charge in [0.25, 0.3) is 0 Å². The third-order valence-corrected chi connectivity index (χ3v) is 4.99. The molecule has 1 atom stereocenters. The first-order valence-corrected chi connectivity index (χ1v) is 10.3. The van der Waals surface area contributed by atoms with Gasteiger partial charge in [-0.3, -0.25) is 9.10 Å². The summed E-state index contributed by atoms with van der Waals surface area (Å²) in [6.07, 6.45) is 0.973. The lowest BCUT2D eigenvalue weighted by Crippen LogP contribution is -2.41. The molecule has 0 radical (unpaired) electrons. The van der Waals surface area contributed by atoms with E-state index in [9.17, 15) is 17.6 Å². The molecule has 0 aliphatic rings. The number of amides is 1. The molecule has 0 heterocycles. The lowest BCUT2D eigenvalue weighted by atomic mass is 10.1. The fourth-order valence-corrected chi connectivity index (χ4v) is 3.40. The monoisotopic (exact) mass is 394 g/mol. The predicted octanol–water partition coefficient (Wildman–Crippen LogP) is 2.87. The molecule has 0 bridgehead atoms. The van der Waals surface area contributed by atoms with Crippen molar-refractivity contribution in [3.05, 3.63) is 59.9 Å². The van der Waals surface area contributed by atoms with Crippen LogP contribution in [-0.2, 0) is 14.8 Å². The molecule has 1 N–H and O–H groups in total. The molecule has 2 aromatic rings. The summed E-state index contributed by atoms with van der Waals surface area (Å²) in [5, 5.41) is 2.75. The number of benzene rings is 2. The molecule has 0 aliphatic carbocycles. The molecular weight excluding hydrogens is 371 g/mol. The third kappa shape index (κ3) is 5.96. The highest BCUT2D eigenvalue weighted by Gasteiger charge is 2.22. The average molecular weight is 394 g/mol. The van der Waals surface area contributed by atoms with E-state index in [1.165, 1.54) is 18.2 Å². The van der Waals surface area contributed by atoms with Gasteiger partial charge >= 0.3 is 0 Å². The van der Waals surface area contributed by atoms with Gasteiger partial charge in [-0.25, -0.2) is 12.8 Å². The molecule has 1 amide bonds. The normalized spacial score (nSPS) is 12.3. The van der Waals surface area contributed by atoms with E-state index >= 15 is 0 Å². The van der Waals surface area contributed by atoms with Crippen LogP contribution in [0.25, 0.3) is 0 Å². The lowest BCUT2D eigenvalue weighted by molar-refractivity contribution is -0.120. The van der Waals surface area contributed by atoms with Crippen molar-refractivity contribution in [2.24, 2.45) is 0 Å². The van der Waals surface area contributed by atoms with E-state index in [1.807, 2.05) is 19.1 Å². The van der Waals surface area contributed by atoms with E-state index in [-0.39, 0.29) is 11.7 Å². The molecule has 6 nitrogen and oxygen atoms in total. The molecule has 0 unspecified atom stereocenters. The number of hydrogen-bond acceptors (Lipinski definition) is 4. The van der Waals surface area contributed by atoms with Crippen LogP contribution in [0, 0.1) is 5.82 Å². The first kappa shape index (κ1) is 20.7. The predicted molar refractivity (Wildman–Crippen MR) is 103 cm³/mol. The summed E-state index contributed by atoms with van der Waals surface area (Å²) >= 11 is 0. The summed E-state index contributed by atoms with van der Waals surface area (Å²) in [5.41, 5.74) is 0.949. The van der Waals surface area contributed by atoms with E-state index in [1.54, 1.807) is 19.1 Å². The number of ether oxygens (including phenoxy) is 1. The van der Waals surface area contributed by atoms with Crippen molar-refractivity contribution in [2.45, 2.75) is 19.9 Å². The van der Waals surface area contributed by atoms with E-state index in [0.717, 1.165) is 27.9 Å². The molecule has 146 valence electrons. The summed E-state index contributed by atoms with van der Waals surface area (Å²) in [6, 6.07) is 12.0. The SMILES string of the molecule is CCOc1ccc([C@@H](C)NC(=O)CN(c2cccc(F)c2)S(C)(=O)=O)cc1. The number of anilines is 1. The van der Waals surface area contributed by atoms with Crippen molar-refractivity contribution in [1.29, 1.82) is 0 Å². The summed E-state index contributed by atoms with van der Waals surface area (Å²) in [6.45, 7) is 3.81. The number of carbonyl (C=O) groups is 1. The number of carbonyl (C=O) groups excluding carboxylic acids is 1. The number of nitrogens with one attached hydrogen (secondary N) is 1. The Morgan fingerprint density at radius 3 is 2.44 bits per heavy atom. The van der Waals surface area contributed by atoms with Crippen LogP contribution in [0.3, 0.4) is 0 Å². The minimum Gasteiger partial charge on any atom is -0.494 e. The molecule has 0 aliphatic heterocycles. The zero-order valence-electron chi connectivity index (χ0n) is 15.5. The molecule has 0 saturated carbocycles. The summed E-state index contributed by atoms with van der Waals surface area (Å²) in [5.74, 6) is -0.343. The van der Waals surface area contributed by atoms with Crippen LogP contribution in [0.15, 0.2) is 48.5 Å². The summed E-state index contributed by atoms with van der Waals surface area (Å²) < 4.78 is 43.8. The Kier molecular flexibility index (Phi) is 6.79. The molecule has 0 aromatic heterocycles. The van der Waals surface area contributed by atoms with E-state index in [2.05, 4.69) is 5.32 Å². The van der Waals surface area contributed by atoms with Gasteiger partial charge in [0, 0.05) is 0 Å². The average Bonchev–Trinajstić information content (AvgIpc) is 2.59. The van der Waals surface area contributed by atoms with E-state index in [0.29, 0.717) is 6.61 Å². The van der Waals surface area contributed by atoms with Crippen LogP contribution in [0.1, 0.15) is 25.5 Å². The Labute approximate surface area is 159 Å². The Morgan fingerprint density at radius 2 is 1.89 bits per heavy atom. The number of nitrogens with zero attached hydrogens (tertiary/aromatic N) is 1. The highest BCUT2D eigenvalue weighted by Crippen LogP contribution is 2.20. The molecular formula is C19H23FN2O4S. The zero-order chi connectivity index (χ0) is 20.0. The van der Waals surface area contributed by atoms with Crippen molar-refractivity contribution in [3.63, 3.8) is 0 Å². The quantitative estimate of drug-likeness (QED) is 0.747. The summed E-state index contributed by atoms with van der Waals surface area (Å²) in [4.78, 5) is 12.4. The maximum Gasteiger partial charge on any atom is 0.241 e. The van der Waals surface area contributed by atoms with Gasteiger partial charge in [0.2, 0.25) is 15.9 Å². The first-order valence-electron chi connectivity index (χ1n) is 8.46. The smallest absolute Gasteiger partial charge is 0.241 e. The van der Waals surface area contributed by atoms with Gasteiger partial charge in [-0.2, -0.15) is 0 Å². The number of sulfonamides is 1. The van der Waals surface area contributed by atoms with Crippen LogP contribution >= 0.6 is 0 Å². The van der Waals surface area contributed by atoms with Crippen LogP contribution in [0.5, 0.6) is 5.75 Å². The lowest BCUT2D eigenvalue weighted by Gasteiger charge is -2.23. The first-order chi connectivity index (χ1) is 12.7. The maximum atomic E-state index is 13.4. The second-order valence-electron chi connectivity index (χ2n) is 6.04. The van der Waals surface area contributed by atoms with Crippen LogP contribution in [0.4, 0.5) is 10.1 Å². The molecule has 0 spiro atoms. The highest BCUT2D eigenvalue weighted by molar-refractivity contribution is 7.92. The van der Waals surface area contributed by atoms with E-state index in [4.69, 9.17) is 4.74 Å². The van der Waals surface area contributed by atoms with Crippen LogP contribution in [0.2, 0.25) is 0 Å².